The molecule has 1 amide bonds. The van der Waals surface area contributed by atoms with E-state index in [1.807, 2.05) is 17.0 Å². The van der Waals surface area contributed by atoms with Crippen LogP contribution in [0.1, 0.15) is 36.0 Å². The average Bonchev–Trinajstić information content (AvgIpc) is 2.77. The van der Waals surface area contributed by atoms with Crippen molar-refractivity contribution >= 4 is 38.7 Å². The molecule has 0 aliphatic carbocycles. The molecule has 0 N–H and O–H groups in total. The van der Waals surface area contributed by atoms with E-state index in [0.29, 0.717) is 30.8 Å². The summed E-state index contributed by atoms with van der Waals surface area (Å²) in [5.74, 6) is 0.856. The fourth-order valence-electron chi connectivity index (χ4n) is 4.13. The van der Waals surface area contributed by atoms with E-state index in [0.717, 1.165) is 67.7 Å². The Morgan fingerprint density at radius 1 is 1.16 bits per heavy atom. The van der Waals surface area contributed by atoms with Gasteiger partial charge in [-0.1, -0.05) is 0 Å². The number of rotatable bonds is 5. The lowest BCUT2D eigenvalue weighted by Crippen LogP contribution is -2.45. The van der Waals surface area contributed by atoms with Gasteiger partial charge in [0.25, 0.3) is 5.91 Å². The maximum atomic E-state index is 12.6. The van der Waals surface area contributed by atoms with E-state index in [1.54, 1.807) is 6.20 Å². The number of carbonyl (C=O) groups excluding carboxylic acids is 1. The molecular formula is C22H27BrN4O4. The van der Waals surface area contributed by atoms with Crippen LogP contribution >= 0.6 is 15.9 Å². The molecule has 1 aromatic heterocycles. The number of aromatic nitrogens is 2. The number of hydrogen-bond donors (Lipinski definition) is 0. The predicted molar refractivity (Wildman–Crippen MR) is 119 cm³/mol. The first-order chi connectivity index (χ1) is 15.2. The Morgan fingerprint density at radius 3 is 2.84 bits per heavy atom. The molecule has 31 heavy (non-hydrogen) atoms. The van der Waals surface area contributed by atoms with Gasteiger partial charge in [-0.25, -0.2) is 4.98 Å². The van der Waals surface area contributed by atoms with Crippen LogP contribution in [0.2, 0.25) is 0 Å². The quantitative estimate of drug-likeness (QED) is 0.637. The molecular weight excluding hydrogens is 464 g/mol. The monoisotopic (exact) mass is 490 g/mol. The summed E-state index contributed by atoms with van der Waals surface area (Å²) in [7, 11) is 0. The first-order valence-electron chi connectivity index (χ1n) is 11.0. The van der Waals surface area contributed by atoms with Crippen molar-refractivity contribution in [3.05, 3.63) is 28.4 Å². The summed E-state index contributed by atoms with van der Waals surface area (Å²) >= 11 is 3.59. The first kappa shape index (κ1) is 21.1. The van der Waals surface area contributed by atoms with Crippen LogP contribution in [0.25, 0.3) is 11.0 Å². The number of hydrogen-bond acceptors (Lipinski definition) is 7. The number of nitrogens with zero attached hydrogens (tertiary/aromatic N) is 4. The van der Waals surface area contributed by atoms with E-state index in [9.17, 15) is 4.79 Å². The van der Waals surface area contributed by atoms with Crippen LogP contribution in [0.3, 0.4) is 0 Å². The number of benzene rings is 1. The van der Waals surface area contributed by atoms with E-state index in [1.165, 1.54) is 0 Å². The van der Waals surface area contributed by atoms with Crippen molar-refractivity contribution < 1.29 is 19.0 Å². The molecule has 2 atom stereocenters. The molecule has 4 heterocycles. The summed E-state index contributed by atoms with van der Waals surface area (Å²) in [6.45, 7) is 4.99. The molecule has 3 aliphatic rings. The lowest BCUT2D eigenvalue weighted by Gasteiger charge is -2.34. The zero-order valence-electron chi connectivity index (χ0n) is 17.5. The van der Waals surface area contributed by atoms with Crippen molar-refractivity contribution in [1.82, 2.24) is 14.9 Å². The van der Waals surface area contributed by atoms with Crippen molar-refractivity contribution in [3.8, 4) is 0 Å². The Bertz CT molecular complexity index is 948. The number of morpholine rings is 1. The molecule has 3 aliphatic heterocycles. The first-order valence-corrected chi connectivity index (χ1v) is 11.8. The van der Waals surface area contributed by atoms with Gasteiger partial charge in [-0.2, -0.15) is 0 Å². The van der Waals surface area contributed by atoms with E-state index in [4.69, 9.17) is 19.2 Å². The lowest BCUT2D eigenvalue weighted by molar-refractivity contribution is -0.180. The highest BCUT2D eigenvalue weighted by molar-refractivity contribution is 9.10. The van der Waals surface area contributed by atoms with Crippen molar-refractivity contribution in [2.75, 3.05) is 50.9 Å². The Labute approximate surface area is 190 Å². The van der Waals surface area contributed by atoms with Crippen LogP contribution in [0, 0.1) is 0 Å². The summed E-state index contributed by atoms with van der Waals surface area (Å²) in [6.07, 6.45) is 5.91. The van der Waals surface area contributed by atoms with Gasteiger partial charge in [0.1, 0.15) is 11.3 Å². The number of likely N-dealkylation sites (tertiary alicyclic amines) is 1. The molecule has 1 unspecified atom stereocenters. The average molecular weight is 491 g/mol. The number of carbonyl (C=O) groups is 1. The molecule has 9 heteroatoms. The molecule has 8 nitrogen and oxygen atoms in total. The van der Waals surface area contributed by atoms with Crippen molar-refractivity contribution in [2.45, 2.75) is 38.1 Å². The third kappa shape index (κ3) is 4.69. The number of halogens is 1. The highest BCUT2D eigenvalue weighted by Gasteiger charge is 2.26. The van der Waals surface area contributed by atoms with Gasteiger partial charge in [-0.05, 0) is 53.7 Å². The fraction of sp³-hybridized carbons (Fsp3) is 0.591. The Morgan fingerprint density at radius 2 is 2.06 bits per heavy atom. The van der Waals surface area contributed by atoms with E-state index in [-0.39, 0.29) is 18.3 Å². The summed E-state index contributed by atoms with van der Waals surface area (Å²) in [5, 5.41) is 0. The van der Waals surface area contributed by atoms with Gasteiger partial charge in [0.2, 0.25) is 0 Å². The molecule has 166 valence electrons. The van der Waals surface area contributed by atoms with Crippen LogP contribution in [0.4, 0.5) is 5.82 Å². The summed E-state index contributed by atoms with van der Waals surface area (Å²) in [6, 6.07) is 3.68. The predicted octanol–water partition coefficient (Wildman–Crippen LogP) is 2.99. The fourth-order valence-corrected chi connectivity index (χ4v) is 4.67. The molecule has 0 bridgehead atoms. The summed E-state index contributed by atoms with van der Waals surface area (Å²) in [5.41, 5.74) is 2.12. The van der Waals surface area contributed by atoms with Gasteiger partial charge in [-0.15, -0.1) is 0 Å². The Kier molecular flexibility index (Phi) is 6.36. The third-order valence-corrected chi connectivity index (χ3v) is 6.65. The van der Waals surface area contributed by atoms with Crippen LogP contribution < -0.4 is 4.90 Å². The van der Waals surface area contributed by atoms with Gasteiger partial charge in [0.05, 0.1) is 31.0 Å². The second-order valence-electron chi connectivity index (χ2n) is 8.27. The maximum Gasteiger partial charge on any atom is 0.253 e. The number of anilines is 1. The van der Waals surface area contributed by atoms with Crippen LogP contribution in [-0.2, 0) is 14.2 Å². The van der Waals surface area contributed by atoms with E-state index >= 15 is 0 Å². The van der Waals surface area contributed by atoms with Gasteiger partial charge in [0.15, 0.2) is 6.29 Å². The highest BCUT2D eigenvalue weighted by Crippen LogP contribution is 2.27. The third-order valence-electron chi connectivity index (χ3n) is 6.05. The molecule has 3 fully saturated rings. The van der Waals surface area contributed by atoms with E-state index < -0.39 is 0 Å². The van der Waals surface area contributed by atoms with Gasteiger partial charge in [-0.3, -0.25) is 9.78 Å². The van der Waals surface area contributed by atoms with E-state index in [2.05, 4.69) is 25.8 Å². The minimum Gasteiger partial charge on any atom is -0.372 e. The van der Waals surface area contributed by atoms with Gasteiger partial charge >= 0.3 is 0 Å². The van der Waals surface area contributed by atoms with Crippen molar-refractivity contribution in [3.63, 3.8) is 0 Å². The molecule has 0 spiro atoms. The molecule has 0 saturated carbocycles. The van der Waals surface area contributed by atoms with Crippen LogP contribution in [0.5, 0.6) is 0 Å². The molecule has 2 aromatic rings. The summed E-state index contributed by atoms with van der Waals surface area (Å²) < 4.78 is 18.2. The largest absolute Gasteiger partial charge is 0.372 e. The topological polar surface area (TPSA) is 77.0 Å². The standard InChI is InChI=1S/C22H27BrN4O4/c23-17-10-15(22(28)26-5-3-6-26)11-18-21(17)25-19(12-24-18)27-7-9-29-16(13-27)14-31-20-4-1-2-8-30-20/h10-12,16,20H,1-9,13-14H2/t16-,20?/m0/s1. The zero-order chi connectivity index (χ0) is 21.2. The van der Waals surface area contributed by atoms with Crippen molar-refractivity contribution in [1.29, 1.82) is 0 Å². The second-order valence-corrected chi connectivity index (χ2v) is 9.12. The molecule has 0 radical (unpaired) electrons. The van der Waals surface area contributed by atoms with Crippen molar-refractivity contribution in [2.24, 2.45) is 0 Å². The number of amides is 1. The maximum absolute atomic E-state index is 12.6. The van der Waals surface area contributed by atoms with Gasteiger partial charge < -0.3 is 24.0 Å². The molecule has 5 rings (SSSR count). The number of fused-ring (bicyclic) bond motifs is 1. The van der Waals surface area contributed by atoms with Crippen LogP contribution in [-0.4, -0.2) is 79.2 Å². The Hall–Kier alpha value is -1.81. The minimum atomic E-state index is -0.114. The molecule has 3 saturated heterocycles. The highest BCUT2D eigenvalue weighted by atomic mass is 79.9. The molecule has 1 aromatic carbocycles. The van der Waals surface area contributed by atoms with Crippen LogP contribution in [0.15, 0.2) is 22.8 Å². The van der Waals surface area contributed by atoms with Gasteiger partial charge in [0, 0.05) is 42.8 Å². The smallest absolute Gasteiger partial charge is 0.253 e. The summed E-state index contributed by atoms with van der Waals surface area (Å²) in [4.78, 5) is 26.0. The zero-order valence-corrected chi connectivity index (χ0v) is 19.1. The second kappa shape index (κ2) is 9.36. The lowest BCUT2D eigenvalue weighted by atomic mass is 10.1. The normalized spacial score (nSPS) is 24.3. The number of ether oxygens (including phenoxy) is 3. The Balaban J connectivity index is 1.27. The SMILES string of the molecule is O=C(c1cc(Br)c2nc(N3CCO[C@H](COC4CCCCO4)C3)cnc2c1)N1CCC1. The minimum absolute atomic E-state index is 0.0308.